The summed E-state index contributed by atoms with van der Waals surface area (Å²) in [6, 6.07) is -0.0996. The van der Waals surface area contributed by atoms with Gasteiger partial charge in [0.05, 0.1) is 6.04 Å². The van der Waals surface area contributed by atoms with E-state index in [-0.39, 0.29) is 23.8 Å². The smallest absolute Gasteiger partial charge is 0.416 e. The Labute approximate surface area is 84.2 Å². The van der Waals surface area contributed by atoms with Crippen molar-refractivity contribution in [2.45, 2.75) is 33.7 Å². The molecule has 1 unspecified atom stereocenters. The Morgan fingerprint density at radius 3 is 2.43 bits per heavy atom. The molecule has 0 aromatic carbocycles. The molecule has 0 aromatic heterocycles. The van der Waals surface area contributed by atoms with Gasteiger partial charge in [0, 0.05) is 5.92 Å². The second-order valence-electron chi connectivity index (χ2n) is 4.25. The van der Waals surface area contributed by atoms with Crippen molar-refractivity contribution in [3.63, 3.8) is 0 Å². The predicted octanol–water partition coefficient (Wildman–Crippen LogP) is 1.65. The second-order valence-corrected chi connectivity index (χ2v) is 4.25. The predicted molar refractivity (Wildman–Crippen MR) is 51.7 cm³/mol. The van der Waals surface area contributed by atoms with Crippen LogP contribution in [-0.4, -0.2) is 29.5 Å². The maximum Gasteiger partial charge on any atom is 0.416 e. The molecule has 0 N–H and O–H groups in total. The van der Waals surface area contributed by atoms with Crippen LogP contribution in [0.3, 0.4) is 0 Å². The fourth-order valence-corrected chi connectivity index (χ4v) is 1.46. The Bertz CT molecular complexity index is 248. The van der Waals surface area contributed by atoms with Gasteiger partial charge in [-0.05, 0) is 5.92 Å². The summed E-state index contributed by atoms with van der Waals surface area (Å²) in [7, 11) is 0. The molecule has 4 nitrogen and oxygen atoms in total. The van der Waals surface area contributed by atoms with Crippen LogP contribution in [0.5, 0.6) is 0 Å². The summed E-state index contributed by atoms with van der Waals surface area (Å²) in [5.41, 5.74) is 0. The Morgan fingerprint density at radius 1 is 1.43 bits per heavy atom. The lowest BCUT2D eigenvalue weighted by atomic mass is 10.0. The SMILES string of the molecule is CC(C)C(=O)N1C(=O)OCC1C(C)C. The lowest BCUT2D eigenvalue weighted by Crippen LogP contribution is -2.43. The molecule has 1 heterocycles. The Hall–Kier alpha value is -1.06. The molecule has 80 valence electrons. The minimum absolute atomic E-state index is 0.0996. The van der Waals surface area contributed by atoms with Gasteiger partial charge in [0.1, 0.15) is 6.61 Å². The number of hydrogen-bond acceptors (Lipinski definition) is 3. The lowest BCUT2D eigenvalue weighted by molar-refractivity contribution is -0.132. The molecule has 1 rings (SSSR count). The van der Waals surface area contributed by atoms with E-state index in [9.17, 15) is 9.59 Å². The maximum absolute atomic E-state index is 11.7. The molecule has 4 heteroatoms. The highest BCUT2D eigenvalue weighted by atomic mass is 16.6. The van der Waals surface area contributed by atoms with Crippen LogP contribution in [0.25, 0.3) is 0 Å². The first-order valence-electron chi connectivity index (χ1n) is 4.95. The third-order valence-electron chi connectivity index (χ3n) is 2.41. The number of carbonyl (C=O) groups excluding carboxylic acids is 2. The van der Waals surface area contributed by atoms with Crippen molar-refractivity contribution in [1.82, 2.24) is 4.90 Å². The quantitative estimate of drug-likeness (QED) is 0.679. The van der Waals surface area contributed by atoms with Gasteiger partial charge in [-0.1, -0.05) is 27.7 Å². The zero-order valence-electron chi connectivity index (χ0n) is 9.11. The molecule has 0 spiro atoms. The zero-order valence-corrected chi connectivity index (χ0v) is 9.11. The van der Waals surface area contributed by atoms with Gasteiger partial charge in [-0.2, -0.15) is 0 Å². The van der Waals surface area contributed by atoms with Gasteiger partial charge in [0.25, 0.3) is 0 Å². The number of carbonyl (C=O) groups is 2. The van der Waals surface area contributed by atoms with Crippen LogP contribution in [0.2, 0.25) is 0 Å². The normalized spacial score (nSPS) is 22.0. The lowest BCUT2D eigenvalue weighted by Gasteiger charge is -2.23. The van der Waals surface area contributed by atoms with Crippen molar-refractivity contribution < 1.29 is 14.3 Å². The van der Waals surface area contributed by atoms with Crippen LogP contribution in [0.15, 0.2) is 0 Å². The average Bonchev–Trinajstić information content (AvgIpc) is 2.45. The van der Waals surface area contributed by atoms with Crippen LogP contribution in [0, 0.1) is 11.8 Å². The van der Waals surface area contributed by atoms with Gasteiger partial charge in [0.15, 0.2) is 0 Å². The van der Waals surface area contributed by atoms with Crippen LogP contribution in [-0.2, 0) is 9.53 Å². The van der Waals surface area contributed by atoms with E-state index >= 15 is 0 Å². The Balaban J connectivity index is 2.82. The molecular weight excluding hydrogens is 182 g/mol. The molecule has 14 heavy (non-hydrogen) atoms. The summed E-state index contributed by atoms with van der Waals surface area (Å²) in [6.45, 7) is 7.85. The fraction of sp³-hybridized carbons (Fsp3) is 0.800. The van der Waals surface area contributed by atoms with E-state index in [4.69, 9.17) is 4.74 Å². The molecule has 0 aliphatic carbocycles. The molecule has 0 radical (unpaired) electrons. The van der Waals surface area contributed by atoms with E-state index in [2.05, 4.69) is 0 Å². The molecule has 0 bridgehead atoms. The van der Waals surface area contributed by atoms with E-state index in [1.165, 1.54) is 4.90 Å². The number of amides is 2. The van der Waals surface area contributed by atoms with E-state index in [0.717, 1.165) is 0 Å². The molecule has 1 aliphatic heterocycles. The number of rotatable bonds is 2. The molecule has 1 fully saturated rings. The zero-order chi connectivity index (χ0) is 10.9. The van der Waals surface area contributed by atoms with Crippen molar-refractivity contribution in [2.75, 3.05) is 6.61 Å². The maximum atomic E-state index is 11.7. The van der Waals surface area contributed by atoms with Crippen molar-refractivity contribution in [2.24, 2.45) is 11.8 Å². The van der Waals surface area contributed by atoms with Crippen LogP contribution in [0.4, 0.5) is 4.79 Å². The van der Waals surface area contributed by atoms with Gasteiger partial charge in [-0.3, -0.25) is 4.79 Å². The molecule has 1 saturated heterocycles. The van der Waals surface area contributed by atoms with E-state index in [1.807, 2.05) is 13.8 Å². The minimum atomic E-state index is -0.498. The van der Waals surface area contributed by atoms with E-state index < -0.39 is 6.09 Å². The first kappa shape index (κ1) is 11.0. The highest BCUT2D eigenvalue weighted by Gasteiger charge is 2.40. The van der Waals surface area contributed by atoms with Gasteiger partial charge in [-0.25, -0.2) is 9.69 Å². The van der Waals surface area contributed by atoms with Crippen LogP contribution < -0.4 is 0 Å². The van der Waals surface area contributed by atoms with Gasteiger partial charge in [-0.15, -0.1) is 0 Å². The summed E-state index contributed by atoms with van der Waals surface area (Å²) in [4.78, 5) is 24.3. The molecule has 1 aliphatic rings. The molecule has 0 saturated carbocycles. The first-order chi connectivity index (χ1) is 6.45. The number of hydrogen-bond donors (Lipinski definition) is 0. The average molecular weight is 199 g/mol. The summed E-state index contributed by atoms with van der Waals surface area (Å²) < 4.78 is 4.88. The monoisotopic (exact) mass is 199 g/mol. The molecular formula is C10H17NO3. The van der Waals surface area contributed by atoms with Crippen molar-refractivity contribution in [3.8, 4) is 0 Å². The summed E-state index contributed by atoms with van der Waals surface area (Å²) in [5, 5.41) is 0. The number of nitrogens with zero attached hydrogens (tertiary/aromatic N) is 1. The van der Waals surface area contributed by atoms with Crippen LogP contribution in [0.1, 0.15) is 27.7 Å². The fourth-order valence-electron chi connectivity index (χ4n) is 1.46. The number of cyclic esters (lactones) is 1. The van der Waals surface area contributed by atoms with Gasteiger partial charge >= 0.3 is 6.09 Å². The minimum Gasteiger partial charge on any atom is -0.447 e. The largest absolute Gasteiger partial charge is 0.447 e. The van der Waals surface area contributed by atoms with E-state index in [1.54, 1.807) is 13.8 Å². The summed E-state index contributed by atoms with van der Waals surface area (Å²) in [6.07, 6.45) is -0.498. The first-order valence-corrected chi connectivity index (χ1v) is 4.95. The number of imide groups is 1. The molecule has 1 atom stereocenters. The summed E-state index contributed by atoms with van der Waals surface area (Å²) in [5.74, 6) is -0.0720. The highest BCUT2D eigenvalue weighted by molar-refractivity contribution is 5.94. The van der Waals surface area contributed by atoms with E-state index in [0.29, 0.717) is 6.61 Å². The van der Waals surface area contributed by atoms with Crippen LogP contribution >= 0.6 is 0 Å². The van der Waals surface area contributed by atoms with Gasteiger partial charge in [0.2, 0.25) is 5.91 Å². The Morgan fingerprint density at radius 2 is 2.00 bits per heavy atom. The standard InChI is InChI=1S/C10H17NO3/c1-6(2)8-5-14-10(13)11(8)9(12)7(3)4/h6-8H,5H2,1-4H3. The third kappa shape index (κ3) is 1.89. The Kier molecular flexibility index (Phi) is 3.13. The van der Waals surface area contributed by atoms with Crippen molar-refractivity contribution >= 4 is 12.0 Å². The second kappa shape index (κ2) is 3.98. The molecule has 0 aromatic rings. The summed E-state index contributed by atoms with van der Waals surface area (Å²) >= 11 is 0. The topological polar surface area (TPSA) is 46.6 Å². The third-order valence-corrected chi connectivity index (χ3v) is 2.41. The molecule has 2 amide bonds. The van der Waals surface area contributed by atoms with Crippen molar-refractivity contribution in [3.05, 3.63) is 0 Å². The number of ether oxygens (including phenoxy) is 1. The van der Waals surface area contributed by atoms with Crippen molar-refractivity contribution in [1.29, 1.82) is 0 Å². The highest BCUT2D eigenvalue weighted by Crippen LogP contribution is 2.21. The van der Waals surface area contributed by atoms with Gasteiger partial charge < -0.3 is 4.74 Å².